The third-order valence-electron chi connectivity index (χ3n) is 13.5. The zero-order chi connectivity index (χ0) is 23.3. The molecule has 10 atom stereocenters. The molecular formula is C30H50O2. The second-order valence-corrected chi connectivity index (χ2v) is 14.6. The van der Waals surface area contributed by atoms with Gasteiger partial charge in [0.05, 0.1) is 6.10 Å². The van der Waals surface area contributed by atoms with Gasteiger partial charge in [-0.3, -0.25) is 0 Å². The molecule has 182 valence electrons. The van der Waals surface area contributed by atoms with Gasteiger partial charge in [0, 0.05) is 6.61 Å². The molecule has 0 aromatic carbocycles. The molecule has 0 heterocycles. The van der Waals surface area contributed by atoms with Gasteiger partial charge < -0.3 is 10.2 Å². The largest absolute Gasteiger partial charge is 0.396 e. The highest BCUT2D eigenvalue weighted by atomic mass is 16.3. The van der Waals surface area contributed by atoms with Crippen molar-refractivity contribution in [3.05, 3.63) is 12.2 Å². The fraction of sp³-hybridized carbons (Fsp3) is 0.933. The number of allylic oxidation sites excluding steroid dienone is 1. The summed E-state index contributed by atoms with van der Waals surface area (Å²) >= 11 is 0. The third kappa shape index (κ3) is 2.66. The van der Waals surface area contributed by atoms with Crippen LogP contribution in [0.15, 0.2) is 12.2 Å². The highest BCUT2D eigenvalue weighted by Crippen LogP contribution is 2.77. The number of hydrogen-bond donors (Lipinski definition) is 2. The van der Waals surface area contributed by atoms with Crippen LogP contribution in [0.25, 0.3) is 0 Å². The Morgan fingerprint density at radius 1 is 0.812 bits per heavy atom. The van der Waals surface area contributed by atoms with Crippen LogP contribution in [0.3, 0.4) is 0 Å². The minimum Gasteiger partial charge on any atom is -0.396 e. The van der Waals surface area contributed by atoms with E-state index in [-0.39, 0.29) is 16.9 Å². The van der Waals surface area contributed by atoms with Crippen LogP contribution in [0.5, 0.6) is 0 Å². The van der Waals surface area contributed by atoms with E-state index in [1.165, 1.54) is 63.4 Å². The predicted octanol–water partition coefficient (Wildman–Crippen LogP) is 7.00. The second kappa shape index (κ2) is 7.09. The van der Waals surface area contributed by atoms with Gasteiger partial charge in [-0.25, -0.2) is 0 Å². The van der Waals surface area contributed by atoms with Crippen LogP contribution in [-0.2, 0) is 0 Å². The maximum Gasteiger partial charge on any atom is 0.0594 e. The van der Waals surface area contributed by atoms with E-state index in [1.54, 1.807) is 0 Å². The van der Waals surface area contributed by atoms with Crippen LogP contribution < -0.4 is 0 Å². The van der Waals surface area contributed by atoms with Crippen molar-refractivity contribution >= 4 is 0 Å². The van der Waals surface area contributed by atoms with Gasteiger partial charge in [0.2, 0.25) is 0 Å². The number of fused-ring (bicyclic) bond motifs is 7. The van der Waals surface area contributed by atoms with Gasteiger partial charge in [0.15, 0.2) is 0 Å². The minimum absolute atomic E-state index is 0.0290. The van der Waals surface area contributed by atoms with Gasteiger partial charge in [-0.15, -0.1) is 0 Å². The molecule has 0 bridgehead atoms. The van der Waals surface area contributed by atoms with Crippen molar-refractivity contribution in [2.45, 2.75) is 112 Å². The highest BCUT2D eigenvalue weighted by molar-refractivity contribution is 5.21. The first kappa shape index (κ1) is 23.4. The molecule has 5 saturated carbocycles. The average Bonchev–Trinajstić information content (AvgIpc) is 3.12. The summed E-state index contributed by atoms with van der Waals surface area (Å²) in [4.78, 5) is 0. The van der Waals surface area contributed by atoms with Crippen LogP contribution in [-0.4, -0.2) is 22.9 Å². The van der Waals surface area contributed by atoms with E-state index in [9.17, 15) is 10.2 Å². The highest BCUT2D eigenvalue weighted by Gasteiger charge is 2.70. The molecule has 0 aliphatic heterocycles. The van der Waals surface area contributed by atoms with Crippen molar-refractivity contribution in [2.24, 2.45) is 56.7 Å². The molecule has 0 unspecified atom stereocenters. The Hall–Kier alpha value is -0.340. The van der Waals surface area contributed by atoms with E-state index in [1.807, 2.05) is 0 Å². The van der Waals surface area contributed by atoms with E-state index in [2.05, 4.69) is 48.1 Å². The Labute approximate surface area is 197 Å². The number of aliphatic hydroxyl groups excluding tert-OH is 2. The molecule has 0 saturated heterocycles. The van der Waals surface area contributed by atoms with E-state index in [4.69, 9.17) is 0 Å². The lowest BCUT2D eigenvalue weighted by atomic mass is 9.32. The smallest absolute Gasteiger partial charge is 0.0594 e. The second-order valence-electron chi connectivity index (χ2n) is 14.6. The molecule has 0 spiro atoms. The zero-order valence-electron chi connectivity index (χ0n) is 21.8. The molecule has 5 fully saturated rings. The monoisotopic (exact) mass is 442 g/mol. The van der Waals surface area contributed by atoms with Crippen molar-refractivity contribution in [1.82, 2.24) is 0 Å². The van der Waals surface area contributed by atoms with Crippen molar-refractivity contribution in [3.63, 3.8) is 0 Å². The summed E-state index contributed by atoms with van der Waals surface area (Å²) < 4.78 is 0. The zero-order valence-corrected chi connectivity index (χ0v) is 21.8. The summed E-state index contributed by atoms with van der Waals surface area (Å²) in [6, 6.07) is 0. The minimum atomic E-state index is -0.147. The molecule has 32 heavy (non-hydrogen) atoms. The number of hydrogen-bond acceptors (Lipinski definition) is 2. The Morgan fingerprint density at radius 3 is 2.19 bits per heavy atom. The Morgan fingerprint density at radius 2 is 1.53 bits per heavy atom. The molecule has 5 aliphatic carbocycles. The van der Waals surface area contributed by atoms with Crippen molar-refractivity contribution < 1.29 is 10.2 Å². The first-order valence-corrected chi connectivity index (χ1v) is 13.8. The average molecular weight is 443 g/mol. The molecule has 5 aliphatic rings. The van der Waals surface area contributed by atoms with Crippen molar-refractivity contribution in [2.75, 3.05) is 6.61 Å². The third-order valence-corrected chi connectivity index (χ3v) is 13.5. The van der Waals surface area contributed by atoms with Crippen LogP contribution in [0.2, 0.25) is 0 Å². The van der Waals surface area contributed by atoms with E-state index in [0.29, 0.717) is 40.6 Å². The van der Waals surface area contributed by atoms with E-state index in [0.717, 1.165) is 18.3 Å². The van der Waals surface area contributed by atoms with E-state index >= 15 is 0 Å². The lowest BCUT2D eigenvalue weighted by Gasteiger charge is -2.73. The molecule has 2 nitrogen and oxygen atoms in total. The van der Waals surface area contributed by atoms with Gasteiger partial charge in [0.1, 0.15) is 0 Å². The number of rotatable bonds is 2. The summed E-state index contributed by atoms with van der Waals surface area (Å²) in [5.41, 5.74) is 2.60. The van der Waals surface area contributed by atoms with Crippen LogP contribution >= 0.6 is 0 Å². The van der Waals surface area contributed by atoms with Crippen molar-refractivity contribution in [3.8, 4) is 0 Å². The standard InChI is InChI=1S/C30H50O2/c1-19(2)20-10-15-30(18-31)17-16-28(6)21(25(20)30)8-9-23-27(5)13-12-24(32)26(3,4)22(27)11-14-29(23,28)7/h20-25,31-32H,1,8-18H2,2-7H3/t20-,21+,22+,23+,24+,25-,27-,28+,29+,30+/m0/s1. The summed E-state index contributed by atoms with van der Waals surface area (Å²) in [5, 5.41) is 21.5. The molecule has 5 rings (SSSR count). The SMILES string of the molecule is C=C(C)[C@@H]1CC[C@]2(CO)CC[C@]3(C)[C@H](CC[C@@H]4[C@@]5(C)CC[C@@H](O)C(C)(C)[C@H]5CC[C@]43C)[C@H]12. The number of aliphatic hydroxyl groups is 2. The molecule has 0 amide bonds. The topological polar surface area (TPSA) is 40.5 Å². The Kier molecular flexibility index (Phi) is 5.19. The summed E-state index contributed by atoms with van der Waals surface area (Å²) in [5.74, 6) is 3.33. The first-order chi connectivity index (χ1) is 14.9. The molecule has 2 N–H and O–H groups in total. The van der Waals surface area contributed by atoms with Crippen LogP contribution in [0, 0.1) is 56.7 Å². The Balaban J connectivity index is 1.55. The molecule has 0 radical (unpaired) electrons. The lowest BCUT2D eigenvalue weighted by molar-refractivity contribution is -0.249. The van der Waals surface area contributed by atoms with Gasteiger partial charge in [-0.2, -0.15) is 0 Å². The molecule has 2 heteroatoms. The van der Waals surface area contributed by atoms with E-state index < -0.39 is 0 Å². The quantitative estimate of drug-likeness (QED) is 0.452. The normalized spacial score (nSPS) is 56.5. The molecular weight excluding hydrogens is 392 g/mol. The van der Waals surface area contributed by atoms with Gasteiger partial charge in [-0.1, -0.05) is 46.8 Å². The first-order valence-electron chi connectivity index (χ1n) is 13.8. The van der Waals surface area contributed by atoms with Gasteiger partial charge in [-0.05, 0) is 128 Å². The van der Waals surface area contributed by atoms with Crippen LogP contribution in [0.4, 0.5) is 0 Å². The van der Waals surface area contributed by atoms with Crippen molar-refractivity contribution in [1.29, 1.82) is 0 Å². The van der Waals surface area contributed by atoms with Gasteiger partial charge >= 0.3 is 0 Å². The lowest BCUT2D eigenvalue weighted by Crippen LogP contribution is -2.66. The molecule has 0 aromatic heterocycles. The molecule has 0 aromatic rings. The van der Waals surface area contributed by atoms with Gasteiger partial charge in [0.25, 0.3) is 0 Å². The fourth-order valence-corrected chi connectivity index (χ4v) is 11.5. The summed E-state index contributed by atoms with van der Waals surface area (Å²) in [6.45, 7) is 19.7. The summed E-state index contributed by atoms with van der Waals surface area (Å²) in [7, 11) is 0. The fourth-order valence-electron chi connectivity index (χ4n) is 11.5. The maximum absolute atomic E-state index is 10.9. The van der Waals surface area contributed by atoms with Crippen LogP contribution in [0.1, 0.15) is 106 Å². The maximum atomic E-state index is 10.9. The summed E-state index contributed by atoms with van der Waals surface area (Å²) in [6.07, 6.45) is 12.2. The predicted molar refractivity (Wildman–Crippen MR) is 132 cm³/mol. The Bertz CT molecular complexity index is 786.